The van der Waals surface area contributed by atoms with E-state index in [1.54, 1.807) is 0 Å². The van der Waals surface area contributed by atoms with Crippen LogP contribution in [0.1, 0.15) is 38.2 Å². The van der Waals surface area contributed by atoms with Crippen molar-refractivity contribution in [2.75, 3.05) is 6.61 Å². The van der Waals surface area contributed by atoms with Crippen LogP contribution in [0.3, 0.4) is 0 Å². The number of rotatable bonds is 4. The topological polar surface area (TPSA) is 29.5 Å². The van der Waals surface area contributed by atoms with Gasteiger partial charge in [0.25, 0.3) is 0 Å². The predicted molar refractivity (Wildman–Crippen MR) is 78.6 cm³/mol. The summed E-state index contributed by atoms with van der Waals surface area (Å²) in [7, 11) is 0. The van der Waals surface area contributed by atoms with Gasteiger partial charge in [-0.25, -0.2) is 0 Å². The Morgan fingerprint density at radius 3 is 2.47 bits per heavy atom. The first-order valence-electron chi connectivity index (χ1n) is 6.81. The first kappa shape index (κ1) is 14.6. The van der Waals surface area contributed by atoms with Gasteiger partial charge in [-0.05, 0) is 30.0 Å². The normalized spacial score (nSPS) is 25.8. The lowest BCUT2D eigenvalue weighted by Gasteiger charge is -2.33. The van der Waals surface area contributed by atoms with Gasteiger partial charge >= 0.3 is 0 Å². The summed E-state index contributed by atoms with van der Waals surface area (Å²) < 4.78 is 6.12. The zero-order valence-electron chi connectivity index (χ0n) is 11.5. The van der Waals surface area contributed by atoms with Crippen molar-refractivity contribution in [3.05, 3.63) is 47.0 Å². The van der Waals surface area contributed by atoms with E-state index in [0.29, 0.717) is 0 Å². The Balaban J connectivity index is 2.51. The number of halogens is 1. The number of hydrogen-bond donors (Lipinski definition) is 1. The molecule has 2 unspecified atom stereocenters. The molecule has 1 aromatic carbocycles. The lowest BCUT2D eigenvalue weighted by molar-refractivity contribution is -0.0658. The first-order valence-corrected chi connectivity index (χ1v) is 7.19. The molecule has 104 valence electrons. The molecule has 1 fully saturated rings. The summed E-state index contributed by atoms with van der Waals surface area (Å²) in [6, 6.07) is 7.83. The van der Waals surface area contributed by atoms with Crippen LogP contribution in [0, 0.1) is 0 Å². The Kier molecular flexibility index (Phi) is 4.34. The van der Waals surface area contributed by atoms with Gasteiger partial charge in [-0.1, -0.05) is 50.2 Å². The van der Waals surface area contributed by atoms with E-state index in [9.17, 15) is 5.11 Å². The van der Waals surface area contributed by atoms with Crippen LogP contribution in [0.4, 0.5) is 0 Å². The fourth-order valence-electron chi connectivity index (χ4n) is 3.12. The summed E-state index contributed by atoms with van der Waals surface area (Å²) in [5, 5.41) is 10.2. The molecule has 1 heterocycles. The maximum absolute atomic E-state index is 9.47. The van der Waals surface area contributed by atoms with E-state index >= 15 is 0 Å². The van der Waals surface area contributed by atoms with Crippen molar-refractivity contribution in [3.8, 4) is 0 Å². The van der Waals surface area contributed by atoms with E-state index < -0.39 is 0 Å². The largest absolute Gasteiger partial charge is 0.393 e. The zero-order chi connectivity index (χ0) is 14.0. The van der Waals surface area contributed by atoms with Crippen LogP contribution < -0.4 is 0 Å². The Labute approximate surface area is 120 Å². The summed E-state index contributed by atoms with van der Waals surface area (Å²) in [5.41, 5.74) is 1.67. The highest BCUT2D eigenvalue weighted by atomic mass is 35.5. The maximum Gasteiger partial charge on any atom is 0.103 e. The molecule has 2 atom stereocenters. The molecule has 19 heavy (non-hydrogen) atoms. The minimum atomic E-state index is -0.310. The van der Waals surface area contributed by atoms with Crippen LogP contribution in [0.5, 0.6) is 0 Å². The van der Waals surface area contributed by atoms with E-state index in [0.717, 1.165) is 29.0 Å². The fraction of sp³-hybridized carbons (Fsp3) is 0.500. The first-order chi connectivity index (χ1) is 9.09. The summed E-state index contributed by atoms with van der Waals surface area (Å²) in [6.45, 7) is 8.35. The monoisotopic (exact) mass is 280 g/mol. The second-order valence-electron chi connectivity index (χ2n) is 5.09. The van der Waals surface area contributed by atoms with E-state index in [4.69, 9.17) is 16.3 Å². The quantitative estimate of drug-likeness (QED) is 0.847. The van der Waals surface area contributed by atoms with Gasteiger partial charge in [-0.3, -0.25) is 0 Å². The third-order valence-electron chi connectivity index (χ3n) is 4.27. The lowest BCUT2D eigenvalue weighted by atomic mass is 9.76. The second-order valence-corrected chi connectivity index (χ2v) is 5.50. The van der Waals surface area contributed by atoms with Gasteiger partial charge in [0, 0.05) is 10.9 Å². The van der Waals surface area contributed by atoms with Gasteiger partial charge in [0.1, 0.15) is 6.10 Å². The summed E-state index contributed by atoms with van der Waals surface area (Å²) >= 11 is 6.34. The predicted octanol–water partition coefficient (Wildman–Crippen LogP) is 3.93. The molecule has 0 amide bonds. The minimum absolute atomic E-state index is 0.0263. The molecule has 0 spiro atoms. The van der Waals surface area contributed by atoms with Crippen molar-refractivity contribution in [1.82, 2.24) is 0 Å². The third-order valence-corrected chi connectivity index (χ3v) is 4.61. The molecule has 1 N–H and O–H groups in total. The van der Waals surface area contributed by atoms with Crippen molar-refractivity contribution in [2.45, 2.75) is 44.3 Å². The molecule has 0 aromatic heterocycles. The molecule has 1 aliphatic heterocycles. The zero-order valence-corrected chi connectivity index (χ0v) is 12.3. The number of aliphatic hydroxyl groups excluding tert-OH is 1. The Bertz CT molecular complexity index is 466. The van der Waals surface area contributed by atoms with Gasteiger partial charge in [-0.15, -0.1) is 0 Å². The average molecular weight is 281 g/mol. The number of aliphatic hydroxyl groups is 1. The highest BCUT2D eigenvalue weighted by Crippen LogP contribution is 2.51. The maximum atomic E-state index is 9.47. The molecule has 2 rings (SSSR count). The van der Waals surface area contributed by atoms with Crippen LogP contribution >= 0.6 is 11.6 Å². The number of ether oxygens (including phenoxy) is 1. The highest BCUT2D eigenvalue weighted by molar-refractivity contribution is 6.31. The van der Waals surface area contributed by atoms with Crippen molar-refractivity contribution < 1.29 is 9.84 Å². The molecule has 0 radical (unpaired) electrons. The van der Waals surface area contributed by atoms with Gasteiger partial charge < -0.3 is 9.84 Å². The van der Waals surface area contributed by atoms with Gasteiger partial charge in [-0.2, -0.15) is 0 Å². The molecular weight excluding hydrogens is 260 g/mol. The van der Waals surface area contributed by atoms with Crippen molar-refractivity contribution in [2.24, 2.45) is 0 Å². The Morgan fingerprint density at radius 2 is 1.95 bits per heavy atom. The molecule has 1 aromatic rings. The highest BCUT2D eigenvalue weighted by Gasteiger charge is 2.49. The second kappa shape index (κ2) is 5.66. The van der Waals surface area contributed by atoms with Gasteiger partial charge in [0.05, 0.1) is 12.2 Å². The van der Waals surface area contributed by atoms with E-state index in [1.807, 2.05) is 24.3 Å². The Hall–Kier alpha value is -0.830. The molecule has 1 aliphatic rings. The fourth-order valence-corrected chi connectivity index (χ4v) is 3.37. The number of benzene rings is 1. The summed E-state index contributed by atoms with van der Waals surface area (Å²) in [6.07, 6.45) is 1.45. The smallest absolute Gasteiger partial charge is 0.103 e. The van der Waals surface area contributed by atoms with Crippen LogP contribution in [0.2, 0.25) is 5.02 Å². The Morgan fingerprint density at radius 1 is 1.32 bits per heavy atom. The van der Waals surface area contributed by atoms with Crippen molar-refractivity contribution in [3.63, 3.8) is 0 Å². The van der Waals surface area contributed by atoms with Crippen LogP contribution in [0.25, 0.3) is 0 Å². The standard InChI is InChI=1S/C16H21ClO2/c1-4-16(5-2)15(11(3)14(10-18)19-16)12-8-6-7-9-13(12)17/h6-9,14-15,18H,3-5,10H2,1-2H3. The summed E-state index contributed by atoms with van der Waals surface area (Å²) in [4.78, 5) is 0. The SMILES string of the molecule is C=C1C(CO)OC(CC)(CC)C1c1ccccc1Cl. The van der Waals surface area contributed by atoms with Crippen LogP contribution in [0.15, 0.2) is 36.4 Å². The lowest BCUT2D eigenvalue weighted by Crippen LogP contribution is -2.33. The van der Waals surface area contributed by atoms with Crippen LogP contribution in [-0.4, -0.2) is 23.4 Å². The molecule has 0 aliphatic carbocycles. The van der Waals surface area contributed by atoms with Crippen molar-refractivity contribution >= 4 is 11.6 Å². The van der Waals surface area contributed by atoms with E-state index in [2.05, 4.69) is 20.4 Å². The van der Waals surface area contributed by atoms with E-state index in [1.165, 1.54) is 0 Å². The van der Waals surface area contributed by atoms with Gasteiger partial charge in [0.15, 0.2) is 0 Å². The summed E-state index contributed by atoms with van der Waals surface area (Å²) in [5.74, 6) is 0.0494. The molecular formula is C16H21ClO2. The van der Waals surface area contributed by atoms with E-state index in [-0.39, 0.29) is 24.2 Å². The van der Waals surface area contributed by atoms with Crippen LogP contribution in [-0.2, 0) is 4.74 Å². The minimum Gasteiger partial charge on any atom is -0.393 e. The molecule has 0 bridgehead atoms. The van der Waals surface area contributed by atoms with Crippen molar-refractivity contribution in [1.29, 1.82) is 0 Å². The molecule has 3 heteroatoms. The molecule has 1 saturated heterocycles. The molecule has 0 saturated carbocycles. The molecule has 2 nitrogen and oxygen atoms in total. The third kappa shape index (κ3) is 2.33. The average Bonchev–Trinajstić information content (AvgIpc) is 2.72. The van der Waals surface area contributed by atoms with Gasteiger partial charge in [0.2, 0.25) is 0 Å². The number of hydrogen-bond acceptors (Lipinski definition) is 2.